The van der Waals surface area contributed by atoms with Gasteiger partial charge >= 0.3 is 5.97 Å². The van der Waals surface area contributed by atoms with E-state index >= 15 is 0 Å². The van der Waals surface area contributed by atoms with E-state index in [2.05, 4.69) is 24.4 Å². The second kappa shape index (κ2) is 6.07. The molecule has 1 aliphatic heterocycles. The van der Waals surface area contributed by atoms with E-state index in [0.717, 1.165) is 24.4 Å². The molecule has 1 saturated heterocycles. The van der Waals surface area contributed by atoms with Gasteiger partial charge in [-0.25, -0.2) is 0 Å². The quantitative estimate of drug-likeness (QED) is 0.814. The van der Waals surface area contributed by atoms with Gasteiger partial charge in [-0.15, -0.1) is 11.8 Å². The number of hydrogen-bond acceptors (Lipinski definition) is 4. The minimum Gasteiger partial charge on any atom is -0.465 e. The summed E-state index contributed by atoms with van der Waals surface area (Å²) < 4.78 is 4.96. The minimum absolute atomic E-state index is 0.0237. The van der Waals surface area contributed by atoms with E-state index in [-0.39, 0.29) is 11.2 Å². The number of ether oxygens (including phenoxy) is 1. The minimum atomic E-state index is -0.0768. The van der Waals surface area contributed by atoms with Crippen molar-refractivity contribution in [3.63, 3.8) is 0 Å². The molecule has 1 N–H and O–H groups in total. The number of cyclic esters (lactones) is 1. The molecule has 0 radical (unpaired) electrons. The number of rotatable bonds is 5. The van der Waals surface area contributed by atoms with Crippen LogP contribution in [0.5, 0.6) is 0 Å². The fourth-order valence-corrected chi connectivity index (χ4v) is 2.83. The van der Waals surface area contributed by atoms with Gasteiger partial charge in [-0.1, -0.05) is 19.1 Å². The van der Waals surface area contributed by atoms with Crippen molar-refractivity contribution in [3.05, 3.63) is 29.8 Å². The molecule has 1 heterocycles. The third-order valence-electron chi connectivity index (χ3n) is 2.64. The van der Waals surface area contributed by atoms with Crippen LogP contribution in [0, 0.1) is 0 Å². The fraction of sp³-hybridized carbons (Fsp3) is 0.462. The molecule has 1 aliphatic rings. The molecule has 4 heteroatoms. The summed E-state index contributed by atoms with van der Waals surface area (Å²) in [6, 6.07) is 8.32. The lowest BCUT2D eigenvalue weighted by molar-refractivity contribution is -0.137. The Morgan fingerprint density at radius 1 is 1.53 bits per heavy atom. The van der Waals surface area contributed by atoms with E-state index in [1.54, 1.807) is 11.8 Å². The fourth-order valence-electron chi connectivity index (χ4n) is 1.75. The highest BCUT2D eigenvalue weighted by Gasteiger charge is 2.27. The van der Waals surface area contributed by atoms with Crippen LogP contribution in [0.15, 0.2) is 29.2 Å². The maximum Gasteiger partial charge on any atom is 0.319 e. The first kappa shape index (κ1) is 12.5. The van der Waals surface area contributed by atoms with Crippen molar-refractivity contribution in [2.24, 2.45) is 0 Å². The average molecular weight is 251 g/mol. The molecule has 0 aromatic heterocycles. The summed E-state index contributed by atoms with van der Waals surface area (Å²) in [7, 11) is 0. The van der Waals surface area contributed by atoms with Crippen molar-refractivity contribution in [2.75, 3.05) is 13.2 Å². The van der Waals surface area contributed by atoms with Gasteiger partial charge in [-0.05, 0) is 24.2 Å². The first-order valence-corrected chi connectivity index (χ1v) is 6.80. The molecule has 3 nitrogen and oxygen atoms in total. The van der Waals surface area contributed by atoms with Crippen molar-refractivity contribution in [2.45, 2.75) is 30.0 Å². The molecule has 1 unspecified atom stereocenters. The Morgan fingerprint density at radius 3 is 3.12 bits per heavy atom. The number of carbonyl (C=O) groups is 1. The number of carbonyl (C=O) groups excluding carboxylic acids is 1. The topological polar surface area (TPSA) is 38.3 Å². The van der Waals surface area contributed by atoms with Crippen molar-refractivity contribution >= 4 is 17.7 Å². The molecule has 1 aromatic carbocycles. The molecule has 1 aromatic rings. The van der Waals surface area contributed by atoms with Gasteiger partial charge in [0.25, 0.3) is 0 Å². The Labute approximate surface area is 106 Å². The lowest BCUT2D eigenvalue weighted by Crippen LogP contribution is -2.12. The summed E-state index contributed by atoms with van der Waals surface area (Å²) in [6.45, 7) is 4.49. The molecular formula is C13H17NO2S. The first-order valence-electron chi connectivity index (χ1n) is 5.92. The Bertz CT molecular complexity index is 395. The van der Waals surface area contributed by atoms with E-state index in [0.29, 0.717) is 6.61 Å². The van der Waals surface area contributed by atoms with E-state index in [4.69, 9.17) is 4.74 Å². The first-order chi connectivity index (χ1) is 8.29. The largest absolute Gasteiger partial charge is 0.465 e. The van der Waals surface area contributed by atoms with Crippen LogP contribution in [0.1, 0.15) is 18.9 Å². The van der Waals surface area contributed by atoms with Crippen LogP contribution in [0.25, 0.3) is 0 Å². The molecule has 17 heavy (non-hydrogen) atoms. The molecule has 0 aliphatic carbocycles. The molecule has 1 fully saturated rings. The van der Waals surface area contributed by atoms with Crippen molar-refractivity contribution in [1.82, 2.24) is 5.32 Å². The monoisotopic (exact) mass is 251 g/mol. The third-order valence-corrected chi connectivity index (χ3v) is 3.88. The van der Waals surface area contributed by atoms with Gasteiger partial charge in [0.05, 0.1) is 6.61 Å². The smallest absolute Gasteiger partial charge is 0.319 e. The Morgan fingerprint density at radius 2 is 2.41 bits per heavy atom. The van der Waals surface area contributed by atoms with Gasteiger partial charge in [0.2, 0.25) is 0 Å². The zero-order chi connectivity index (χ0) is 12.1. The summed E-state index contributed by atoms with van der Waals surface area (Å²) in [5.41, 5.74) is 1.25. The molecule has 2 rings (SSSR count). The van der Waals surface area contributed by atoms with Crippen molar-refractivity contribution in [3.8, 4) is 0 Å². The number of nitrogens with one attached hydrogen (secondary N) is 1. The lowest BCUT2D eigenvalue weighted by Gasteiger charge is -2.08. The second-order valence-corrected chi connectivity index (χ2v) is 5.27. The molecule has 92 valence electrons. The zero-order valence-corrected chi connectivity index (χ0v) is 10.8. The SMILES string of the molecule is CCNCc1cccc(SC2CCOC2=O)c1. The normalized spacial score (nSPS) is 19.4. The summed E-state index contributed by atoms with van der Waals surface area (Å²) >= 11 is 1.60. The maximum atomic E-state index is 11.4. The Hall–Kier alpha value is -1.00. The summed E-state index contributed by atoms with van der Waals surface area (Å²) in [5.74, 6) is -0.0768. The van der Waals surface area contributed by atoms with Gasteiger partial charge in [0.1, 0.15) is 5.25 Å². The number of hydrogen-bond donors (Lipinski definition) is 1. The molecular weight excluding hydrogens is 234 g/mol. The summed E-state index contributed by atoms with van der Waals surface area (Å²) in [4.78, 5) is 12.5. The predicted molar refractivity (Wildman–Crippen MR) is 69.0 cm³/mol. The van der Waals surface area contributed by atoms with Crippen LogP contribution < -0.4 is 5.32 Å². The second-order valence-electron chi connectivity index (χ2n) is 3.99. The van der Waals surface area contributed by atoms with Gasteiger partial charge in [-0.2, -0.15) is 0 Å². The molecule has 0 amide bonds. The highest BCUT2D eigenvalue weighted by Crippen LogP contribution is 2.29. The Kier molecular flexibility index (Phi) is 4.45. The molecule has 1 atom stereocenters. The van der Waals surface area contributed by atoms with Crippen LogP contribution in [-0.2, 0) is 16.1 Å². The third kappa shape index (κ3) is 3.48. The molecule has 0 bridgehead atoms. The predicted octanol–water partition coefficient (Wildman–Crippen LogP) is 2.20. The Balaban J connectivity index is 1.98. The van der Waals surface area contributed by atoms with Crippen LogP contribution in [-0.4, -0.2) is 24.4 Å². The van der Waals surface area contributed by atoms with Crippen LogP contribution in [0.3, 0.4) is 0 Å². The maximum absolute atomic E-state index is 11.4. The number of benzene rings is 1. The van der Waals surface area contributed by atoms with E-state index < -0.39 is 0 Å². The highest BCUT2D eigenvalue weighted by atomic mass is 32.2. The van der Waals surface area contributed by atoms with E-state index in [1.165, 1.54) is 5.56 Å². The van der Waals surface area contributed by atoms with E-state index in [9.17, 15) is 4.79 Å². The highest BCUT2D eigenvalue weighted by molar-refractivity contribution is 8.00. The van der Waals surface area contributed by atoms with Crippen LogP contribution in [0.4, 0.5) is 0 Å². The molecule has 0 spiro atoms. The van der Waals surface area contributed by atoms with Gasteiger partial charge < -0.3 is 10.1 Å². The molecule has 0 saturated carbocycles. The summed E-state index contributed by atoms with van der Waals surface area (Å²) in [6.07, 6.45) is 0.820. The zero-order valence-electron chi connectivity index (χ0n) is 9.94. The van der Waals surface area contributed by atoms with Gasteiger partial charge in [0.15, 0.2) is 0 Å². The lowest BCUT2D eigenvalue weighted by atomic mass is 10.2. The van der Waals surface area contributed by atoms with Crippen LogP contribution in [0.2, 0.25) is 0 Å². The summed E-state index contributed by atoms with van der Waals surface area (Å²) in [5, 5.41) is 3.27. The van der Waals surface area contributed by atoms with E-state index in [1.807, 2.05) is 12.1 Å². The van der Waals surface area contributed by atoms with Gasteiger partial charge in [-0.3, -0.25) is 4.79 Å². The standard InChI is InChI=1S/C13H17NO2S/c1-2-14-9-10-4-3-5-11(8-10)17-12-6-7-16-13(12)15/h3-5,8,12,14H,2,6-7,9H2,1H3. The number of esters is 1. The average Bonchev–Trinajstić information content (AvgIpc) is 2.73. The van der Waals surface area contributed by atoms with Crippen molar-refractivity contribution in [1.29, 1.82) is 0 Å². The van der Waals surface area contributed by atoms with Crippen LogP contribution >= 0.6 is 11.8 Å². The van der Waals surface area contributed by atoms with Gasteiger partial charge in [0, 0.05) is 17.9 Å². The van der Waals surface area contributed by atoms with Crippen molar-refractivity contribution < 1.29 is 9.53 Å². The number of thioether (sulfide) groups is 1.